The van der Waals surface area contributed by atoms with E-state index in [1.807, 2.05) is 65.2 Å². The van der Waals surface area contributed by atoms with Crippen molar-refractivity contribution in [1.29, 1.82) is 0 Å². The zero-order valence-corrected chi connectivity index (χ0v) is 22.8. The van der Waals surface area contributed by atoms with Gasteiger partial charge in [0.15, 0.2) is 11.0 Å². The fourth-order valence-electron chi connectivity index (χ4n) is 4.09. The second-order valence-corrected chi connectivity index (χ2v) is 9.85. The van der Waals surface area contributed by atoms with Gasteiger partial charge in [0.2, 0.25) is 5.91 Å². The Hall–Kier alpha value is -4.63. The number of nitrogens with one attached hydrogen (secondary N) is 1. The molecule has 0 unspecified atom stereocenters. The molecule has 0 aliphatic heterocycles. The Balaban J connectivity index is 1.26. The van der Waals surface area contributed by atoms with Gasteiger partial charge in [0.05, 0.1) is 24.5 Å². The molecule has 202 valence electrons. The molecule has 0 radical (unpaired) electrons. The van der Waals surface area contributed by atoms with Gasteiger partial charge in [0, 0.05) is 5.69 Å². The number of carbonyl (C=O) groups excluding carboxylic acids is 2. The summed E-state index contributed by atoms with van der Waals surface area (Å²) in [6, 6.07) is 30.7. The Kier molecular flexibility index (Phi) is 8.73. The van der Waals surface area contributed by atoms with E-state index < -0.39 is 5.97 Å². The number of ether oxygens (including phenoxy) is 2. The molecule has 1 N–H and O–H groups in total. The van der Waals surface area contributed by atoms with Gasteiger partial charge in [-0.1, -0.05) is 72.4 Å². The second kappa shape index (κ2) is 12.9. The summed E-state index contributed by atoms with van der Waals surface area (Å²) in [6.07, 6.45) is 0. The van der Waals surface area contributed by atoms with Gasteiger partial charge in [0.25, 0.3) is 0 Å². The first-order chi connectivity index (χ1) is 19.6. The van der Waals surface area contributed by atoms with Crippen LogP contribution in [0.3, 0.4) is 0 Å². The van der Waals surface area contributed by atoms with E-state index >= 15 is 0 Å². The second-order valence-electron chi connectivity index (χ2n) is 8.90. The molecular formula is C31H28N4O4S. The molecular weight excluding hydrogens is 524 g/mol. The van der Waals surface area contributed by atoms with Crippen molar-refractivity contribution in [2.24, 2.45) is 0 Å². The van der Waals surface area contributed by atoms with E-state index in [0.29, 0.717) is 35.4 Å². The number of anilines is 1. The topological polar surface area (TPSA) is 95.3 Å². The number of benzene rings is 4. The lowest BCUT2D eigenvalue weighted by Crippen LogP contribution is -2.15. The standard InChI is InChI=1S/C31H28N4O4S/c1-2-38-30(37)24-12-15-26(16-13-24)32-29(36)21-40-31-34-33-28(35(31)19-22-8-4-3-5-9-22)20-39-27-17-14-23-10-6-7-11-25(23)18-27/h3-18H,2,19-21H2,1H3,(H,32,36). The smallest absolute Gasteiger partial charge is 0.338 e. The van der Waals surface area contributed by atoms with Crippen LogP contribution in [0.4, 0.5) is 5.69 Å². The van der Waals surface area contributed by atoms with Crippen molar-refractivity contribution in [2.45, 2.75) is 25.2 Å². The van der Waals surface area contributed by atoms with E-state index in [-0.39, 0.29) is 18.3 Å². The minimum absolute atomic E-state index is 0.137. The van der Waals surface area contributed by atoms with Crippen molar-refractivity contribution in [2.75, 3.05) is 17.7 Å². The Labute approximate surface area is 236 Å². The summed E-state index contributed by atoms with van der Waals surface area (Å²) >= 11 is 1.30. The van der Waals surface area contributed by atoms with Crippen LogP contribution in [-0.4, -0.2) is 39.0 Å². The number of aromatic nitrogens is 3. The third-order valence-electron chi connectivity index (χ3n) is 6.08. The molecule has 0 fully saturated rings. The molecule has 1 heterocycles. The highest BCUT2D eigenvalue weighted by molar-refractivity contribution is 7.99. The summed E-state index contributed by atoms with van der Waals surface area (Å²) in [5, 5.41) is 14.5. The van der Waals surface area contributed by atoms with E-state index in [4.69, 9.17) is 9.47 Å². The lowest BCUT2D eigenvalue weighted by molar-refractivity contribution is -0.113. The molecule has 0 atom stereocenters. The molecule has 0 aliphatic rings. The van der Waals surface area contributed by atoms with E-state index in [1.54, 1.807) is 31.2 Å². The van der Waals surface area contributed by atoms with Crippen molar-refractivity contribution < 1.29 is 19.1 Å². The van der Waals surface area contributed by atoms with E-state index in [1.165, 1.54) is 11.8 Å². The lowest BCUT2D eigenvalue weighted by Gasteiger charge is -2.12. The highest BCUT2D eigenvalue weighted by Gasteiger charge is 2.16. The molecule has 1 amide bonds. The minimum atomic E-state index is -0.394. The van der Waals surface area contributed by atoms with Crippen LogP contribution in [0.5, 0.6) is 5.75 Å². The van der Waals surface area contributed by atoms with Crippen LogP contribution in [0.2, 0.25) is 0 Å². The van der Waals surface area contributed by atoms with Crippen LogP contribution in [0, 0.1) is 0 Å². The SMILES string of the molecule is CCOC(=O)c1ccc(NC(=O)CSc2nnc(COc3ccc4ccccc4c3)n2Cc2ccccc2)cc1. The summed E-state index contributed by atoms with van der Waals surface area (Å²) in [4.78, 5) is 24.5. The lowest BCUT2D eigenvalue weighted by atomic mass is 10.1. The van der Waals surface area contributed by atoms with Crippen molar-refractivity contribution in [3.05, 3.63) is 114 Å². The summed E-state index contributed by atoms with van der Waals surface area (Å²) in [7, 11) is 0. The number of rotatable bonds is 11. The minimum Gasteiger partial charge on any atom is -0.486 e. The molecule has 5 aromatic rings. The van der Waals surface area contributed by atoms with Crippen LogP contribution in [0.1, 0.15) is 28.7 Å². The molecule has 0 saturated carbocycles. The molecule has 1 aromatic heterocycles. The summed E-state index contributed by atoms with van der Waals surface area (Å²) in [6.45, 7) is 2.84. The van der Waals surface area contributed by atoms with Crippen molar-refractivity contribution in [3.63, 3.8) is 0 Å². The maximum Gasteiger partial charge on any atom is 0.338 e. The molecule has 0 saturated heterocycles. The molecule has 8 nitrogen and oxygen atoms in total. The molecule has 40 heavy (non-hydrogen) atoms. The number of esters is 1. The zero-order valence-electron chi connectivity index (χ0n) is 21.9. The van der Waals surface area contributed by atoms with Crippen LogP contribution < -0.4 is 10.1 Å². The predicted octanol–water partition coefficient (Wildman–Crippen LogP) is 5.97. The number of hydrogen-bond donors (Lipinski definition) is 1. The van der Waals surface area contributed by atoms with Gasteiger partial charge >= 0.3 is 5.97 Å². The first-order valence-corrected chi connectivity index (χ1v) is 13.8. The number of nitrogens with zero attached hydrogens (tertiary/aromatic N) is 3. The van der Waals surface area contributed by atoms with Gasteiger partial charge in [-0.05, 0) is 59.7 Å². The monoisotopic (exact) mass is 552 g/mol. The fraction of sp³-hybridized carbons (Fsp3) is 0.161. The van der Waals surface area contributed by atoms with Crippen molar-refractivity contribution in [3.8, 4) is 5.75 Å². The number of carbonyl (C=O) groups is 2. The van der Waals surface area contributed by atoms with Gasteiger partial charge in [-0.2, -0.15) is 0 Å². The quantitative estimate of drug-likeness (QED) is 0.159. The van der Waals surface area contributed by atoms with Crippen molar-refractivity contribution in [1.82, 2.24) is 14.8 Å². The molecule has 0 bridgehead atoms. The van der Waals surface area contributed by atoms with Crippen molar-refractivity contribution >= 4 is 40.1 Å². The maximum atomic E-state index is 12.7. The zero-order chi connectivity index (χ0) is 27.7. The summed E-state index contributed by atoms with van der Waals surface area (Å²) < 4.78 is 13.1. The van der Waals surface area contributed by atoms with E-state index in [9.17, 15) is 9.59 Å². The highest BCUT2D eigenvalue weighted by Crippen LogP contribution is 2.23. The Morgan fingerprint density at radius 2 is 1.62 bits per heavy atom. The van der Waals surface area contributed by atoms with Gasteiger partial charge in [-0.15, -0.1) is 10.2 Å². The normalized spacial score (nSPS) is 10.8. The highest BCUT2D eigenvalue weighted by atomic mass is 32.2. The van der Waals surface area contributed by atoms with E-state index in [2.05, 4.69) is 27.6 Å². The van der Waals surface area contributed by atoms with Gasteiger partial charge in [-0.3, -0.25) is 9.36 Å². The first kappa shape index (κ1) is 27.0. The van der Waals surface area contributed by atoms with Gasteiger partial charge in [0.1, 0.15) is 12.4 Å². The maximum absolute atomic E-state index is 12.7. The third-order valence-corrected chi connectivity index (χ3v) is 7.04. The average Bonchev–Trinajstić information content (AvgIpc) is 3.36. The Morgan fingerprint density at radius 3 is 2.40 bits per heavy atom. The molecule has 4 aromatic carbocycles. The molecule has 0 aliphatic carbocycles. The molecule has 0 spiro atoms. The summed E-state index contributed by atoms with van der Waals surface area (Å²) in [5.74, 6) is 0.953. The Bertz CT molecular complexity index is 1600. The number of fused-ring (bicyclic) bond motifs is 1. The van der Waals surface area contributed by atoms with Crippen LogP contribution in [0.25, 0.3) is 10.8 Å². The third kappa shape index (κ3) is 6.86. The van der Waals surface area contributed by atoms with Gasteiger partial charge < -0.3 is 14.8 Å². The average molecular weight is 553 g/mol. The number of thioether (sulfide) groups is 1. The molecule has 9 heteroatoms. The van der Waals surface area contributed by atoms with Crippen LogP contribution >= 0.6 is 11.8 Å². The first-order valence-electron chi connectivity index (χ1n) is 12.9. The van der Waals surface area contributed by atoms with E-state index in [0.717, 1.165) is 22.1 Å². The van der Waals surface area contributed by atoms with Crippen LogP contribution in [0.15, 0.2) is 102 Å². The fourth-order valence-corrected chi connectivity index (χ4v) is 4.85. The largest absolute Gasteiger partial charge is 0.486 e. The Morgan fingerprint density at radius 1 is 0.875 bits per heavy atom. The van der Waals surface area contributed by atoms with Gasteiger partial charge in [-0.25, -0.2) is 4.79 Å². The number of hydrogen-bond acceptors (Lipinski definition) is 7. The van der Waals surface area contributed by atoms with Crippen LogP contribution in [-0.2, 0) is 22.7 Å². The predicted molar refractivity (Wildman–Crippen MR) is 156 cm³/mol. The number of amides is 1. The molecule has 5 rings (SSSR count). The summed E-state index contributed by atoms with van der Waals surface area (Å²) in [5.41, 5.74) is 2.11.